The first-order valence-electron chi connectivity index (χ1n) is 11.0. The van der Waals surface area contributed by atoms with Gasteiger partial charge in [0.25, 0.3) is 0 Å². The van der Waals surface area contributed by atoms with Crippen LogP contribution in [0.3, 0.4) is 0 Å². The minimum atomic E-state index is -0.435. The van der Waals surface area contributed by atoms with Gasteiger partial charge in [0, 0.05) is 18.0 Å². The Labute approximate surface area is 179 Å². The van der Waals surface area contributed by atoms with Gasteiger partial charge < -0.3 is 14.2 Å². The van der Waals surface area contributed by atoms with E-state index >= 15 is 0 Å². The average molecular weight is 413 g/mol. The maximum atomic E-state index is 11.8. The molecule has 1 saturated heterocycles. The average Bonchev–Trinajstić information content (AvgIpc) is 3.50. The maximum absolute atomic E-state index is 11.8. The lowest BCUT2D eigenvalue weighted by atomic mass is 10.0. The first-order valence-corrected chi connectivity index (χ1v) is 11.0. The number of aromatic nitrogens is 2. The number of ether oxygens (including phenoxy) is 3. The zero-order valence-corrected chi connectivity index (χ0v) is 18.2. The molecule has 0 aliphatic carbocycles. The summed E-state index contributed by atoms with van der Waals surface area (Å²) in [6, 6.07) is 7.66. The summed E-state index contributed by atoms with van der Waals surface area (Å²) < 4.78 is 16.1. The zero-order chi connectivity index (χ0) is 21.3. The highest BCUT2D eigenvalue weighted by molar-refractivity contribution is 5.80. The molecule has 6 nitrogen and oxygen atoms in total. The van der Waals surface area contributed by atoms with Crippen molar-refractivity contribution in [2.75, 3.05) is 6.61 Å². The Hall–Kier alpha value is -2.47. The number of rotatable bonds is 12. The second-order valence-electron chi connectivity index (χ2n) is 8.03. The van der Waals surface area contributed by atoms with Crippen molar-refractivity contribution in [1.29, 1.82) is 0 Å². The van der Waals surface area contributed by atoms with Crippen molar-refractivity contribution in [1.82, 2.24) is 9.97 Å². The summed E-state index contributed by atoms with van der Waals surface area (Å²) in [4.78, 5) is 20.4. The number of benzene rings is 1. The van der Waals surface area contributed by atoms with Gasteiger partial charge in [-0.1, -0.05) is 58.1 Å². The van der Waals surface area contributed by atoms with E-state index < -0.39 is 6.10 Å². The van der Waals surface area contributed by atoms with Crippen LogP contribution in [-0.2, 0) is 9.53 Å². The lowest BCUT2D eigenvalue weighted by molar-refractivity contribution is -0.135. The molecule has 30 heavy (non-hydrogen) atoms. The summed E-state index contributed by atoms with van der Waals surface area (Å²) in [7, 11) is 0. The molecule has 2 heterocycles. The number of carbonyl (C=O) groups is 1. The number of carbonyl (C=O) groups excluding carboxylic acids is 1. The molecule has 2 aromatic rings. The minimum Gasteiger partial charge on any atom is -0.463 e. The molecular weight excluding hydrogens is 380 g/mol. The van der Waals surface area contributed by atoms with Crippen molar-refractivity contribution in [2.24, 2.45) is 5.92 Å². The molecule has 0 unspecified atom stereocenters. The number of nitrogens with zero attached hydrogens (tertiary/aromatic N) is 2. The van der Waals surface area contributed by atoms with Gasteiger partial charge in [-0.05, 0) is 37.0 Å². The van der Waals surface area contributed by atoms with E-state index in [9.17, 15) is 4.79 Å². The standard InChI is InChI=1S/C24H32N2O4/c1-4-17(2)9-7-5-6-8-14-28-24-25-15-20(16-26-24)19-10-12-21(13-11-19)30-23(27)22-18(3)29-22/h10-13,15-18,22H,4-9,14H2,1-3H3/t17-,18+,22+/m0/s1. The number of epoxide rings is 1. The van der Waals surface area contributed by atoms with E-state index in [0.29, 0.717) is 18.4 Å². The van der Waals surface area contributed by atoms with E-state index in [-0.39, 0.29) is 12.1 Å². The van der Waals surface area contributed by atoms with E-state index in [1.54, 1.807) is 24.5 Å². The Balaban J connectivity index is 1.38. The van der Waals surface area contributed by atoms with Crippen LogP contribution in [0.1, 0.15) is 59.3 Å². The third-order valence-corrected chi connectivity index (χ3v) is 5.50. The van der Waals surface area contributed by atoms with Gasteiger partial charge in [-0.25, -0.2) is 14.8 Å². The van der Waals surface area contributed by atoms with E-state index in [4.69, 9.17) is 14.2 Å². The van der Waals surface area contributed by atoms with Gasteiger partial charge in [0.1, 0.15) is 5.75 Å². The van der Waals surface area contributed by atoms with Crippen LogP contribution in [0.2, 0.25) is 0 Å². The van der Waals surface area contributed by atoms with Crippen LogP contribution in [0.15, 0.2) is 36.7 Å². The summed E-state index contributed by atoms with van der Waals surface area (Å²) in [5.41, 5.74) is 1.82. The fourth-order valence-corrected chi connectivity index (χ4v) is 3.18. The molecular formula is C24H32N2O4. The first kappa shape index (κ1) is 22.2. The Kier molecular flexibility index (Phi) is 8.20. The normalized spacial score (nSPS) is 18.6. The Morgan fingerprint density at radius 1 is 1.07 bits per heavy atom. The molecule has 0 amide bonds. The molecule has 1 aromatic carbocycles. The molecule has 0 saturated carbocycles. The van der Waals surface area contributed by atoms with Crippen molar-refractivity contribution in [2.45, 2.75) is 71.5 Å². The van der Waals surface area contributed by atoms with E-state index in [2.05, 4.69) is 23.8 Å². The molecule has 3 rings (SSSR count). The summed E-state index contributed by atoms with van der Waals surface area (Å²) in [5.74, 6) is 0.979. The van der Waals surface area contributed by atoms with Crippen molar-refractivity contribution in [3.05, 3.63) is 36.7 Å². The fourth-order valence-electron chi connectivity index (χ4n) is 3.18. The summed E-state index contributed by atoms with van der Waals surface area (Å²) in [5, 5.41) is 0. The number of esters is 1. The van der Waals surface area contributed by atoms with Gasteiger partial charge in [-0.2, -0.15) is 0 Å². The van der Waals surface area contributed by atoms with Gasteiger partial charge in [-0.3, -0.25) is 0 Å². The summed E-state index contributed by atoms with van der Waals surface area (Å²) >= 11 is 0. The third-order valence-electron chi connectivity index (χ3n) is 5.50. The topological polar surface area (TPSA) is 73.8 Å². The maximum Gasteiger partial charge on any atom is 0.343 e. The Morgan fingerprint density at radius 3 is 2.37 bits per heavy atom. The monoisotopic (exact) mass is 412 g/mol. The Morgan fingerprint density at radius 2 is 1.73 bits per heavy atom. The molecule has 6 heteroatoms. The second kappa shape index (κ2) is 11.1. The molecule has 1 aromatic heterocycles. The predicted octanol–water partition coefficient (Wildman–Crippen LogP) is 5.21. The highest BCUT2D eigenvalue weighted by Gasteiger charge is 2.42. The molecule has 0 N–H and O–H groups in total. The molecule has 1 aliphatic heterocycles. The molecule has 1 fully saturated rings. The molecule has 3 atom stereocenters. The molecule has 0 spiro atoms. The summed E-state index contributed by atoms with van der Waals surface area (Å²) in [6.07, 6.45) is 10.3. The van der Waals surface area contributed by atoms with Gasteiger partial charge in [0.05, 0.1) is 12.7 Å². The summed E-state index contributed by atoms with van der Waals surface area (Å²) in [6.45, 7) is 7.06. The predicted molar refractivity (Wildman–Crippen MR) is 115 cm³/mol. The second-order valence-corrected chi connectivity index (χ2v) is 8.03. The van der Waals surface area contributed by atoms with Crippen LogP contribution >= 0.6 is 0 Å². The molecule has 0 radical (unpaired) electrons. The van der Waals surface area contributed by atoms with Gasteiger partial charge in [0.2, 0.25) is 0 Å². The highest BCUT2D eigenvalue weighted by Crippen LogP contribution is 2.26. The Bertz CT molecular complexity index is 792. The van der Waals surface area contributed by atoms with Crippen LogP contribution in [-0.4, -0.2) is 34.8 Å². The van der Waals surface area contributed by atoms with Gasteiger partial charge in [0.15, 0.2) is 6.10 Å². The number of hydrogen-bond donors (Lipinski definition) is 0. The highest BCUT2D eigenvalue weighted by atomic mass is 16.6. The SMILES string of the molecule is CC[C@H](C)CCCCCCOc1ncc(-c2ccc(OC(=O)[C@@H]3O[C@@H]3C)cc2)cn1. The van der Waals surface area contributed by atoms with Crippen molar-refractivity contribution >= 4 is 5.97 Å². The van der Waals surface area contributed by atoms with Crippen LogP contribution in [0.4, 0.5) is 0 Å². The molecule has 1 aliphatic rings. The first-order chi connectivity index (χ1) is 14.6. The molecule has 0 bridgehead atoms. The van der Waals surface area contributed by atoms with E-state index in [0.717, 1.165) is 23.5 Å². The molecule has 162 valence electrons. The lowest BCUT2D eigenvalue weighted by Crippen LogP contribution is -2.16. The van der Waals surface area contributed by atoms with Crippen LogP contribution in [0, 0.1) is 5.92 Å². The van der Waals surface area contributed by atoms with Crippen molar-refractivity contribution in [3.63, 3.8) is 0 Å². The van der Waals surface area contributed by atoms with E-state index in [1.165, 1.54) is 32.1 Å². The van der Waals surface area contributed by atoms with Crippen molar-refractivity contribution in [3.8, 4) is 22.9 Å². The van der Waals surface area contributed by atoms with Gasteiger partial charge >= 0.3 is 12.0 Å². The van der Waals surface area contributed by atoms with Crippen LogP contribution in [0.5, 0.6) is 11.8 Å². The van der Waals surface area contributed by atoms with E-state index in [1.807, 2.05) is 19.1 Å². The number of unbranched alkanes of at least 4 members (excludes halogenated alkanes) is 3. The number of hydrogen-bond acceptors (Lipinski definition) is 6. The van der Waals surface area contributed by atoms with Gasteiger partial charge in [-0.15, -0.1) is 0 Å². The van der Waals surface area contributed by atoms with Crippen LogP contribution in [0.25, 0.3) is 11.1 Å². The third kappa shape index (κ3) is 6.80. The lowest BCUT2D eigenvalue weighted by Gasteiger charge is -2.08. The van der Waals surface area contributed by atoms with Crippen molar-refractivity contribution < 1.29 is 19.0 Å². The zero-order valence-electron chi connectivity index (χ0n) is 18.2. The fraction of sp³-hybridized carbons (Fsp3) is 0.542. The minimum absolute atomic E-state index is 0.0516. The van der Waals surface area contributed by atoms with Crippen LogP contribution < -0.4 is 9.47 Å². The quantitative estimate of drug-likeness (QED) is 0.206. The smallest absolute Gasteiger partial charge is 0.343 e. The largest absolute Gasteiger partial charge is 0.463 e.